The van der Waals surface area contributed by atoms with Gasteiger partial charge in [0.1, 0.15) is 6.20 Å². The second-order valence-corrected chi connectivity index (χ2v) is 4.75. The maximum Gasteiger partial charge on any atom is 0.393 e. The second-order valence-electron chi connectivity index (χ2n) is 3.88. The standard InChI is InChI=1S/C11H6N4O5S/c16-14(17)7-3-1-2-4-8(7)20-9-10(15(18)19)13-5-6-21-11(13)12-9/h1-6H. The molecule has 10 heteroatoms. The number of ether oxygens (including phenoxy) is 1. The van der Waals surface area contributed by atoms with Crippen molar-refractivity contribution in [3.8, 4) is 11.6 Å². The molecule has 3 rings (SSSR count). The van der Waals surface area contributed by atoms with Crippen molar-refractivity contribution in [1.82, 2.24) is 9.38 Å². The van der Waals surface area contributed by atoms with Gasteiger partial charge in [0.15, 0.2) is 0 Å². The Kier molecular flexibility index (Phi) is 2.99. The van der Waals surface area contributed by atoms with E-state index in [0.717, 1.165) is 0 Å². The van der Waals surface area contributed by atoms with Gasteiger partial charge in [-0.25, -0.2) is 0 Å². The van der Waals surface area contributed by atoms with Crippen LogP contribution in [-0.2, 0) is 0 Å². The number of thiazole rings is 1. The van der Waals surface area contributed by atoms with Crippen molar-refractivity contribution in [2.45, 2.75) is 0 Å². The van der Waals surface area contributed by atoms with E-state index in [1.54, 1.807) is 5.38 Å². The average molecular weight is 306 g/mol. The van der Waals surface area contributed by atoms with Crippen molar-refractivity contribution < 1.29 is 14.6 Å². The molecule has 0 amide bonds. The van der Waals surface area contributed by atoms with Gasteiger partial charge in [-0.1, -0.05) is 23.5 Å². The number of nitro groups is 2. The lowest BCUT2D eigenvalue weighted by Gasteiger charge is -2.02. The van der Waals surface area contributed by atoms with Gasteiger partial charge in [-0.15, -0.1) is 0 Å². The zero-order valence-electron chi connectivity index (χ0n) is 10.2. The van der Waals surface area contributed by atoms with Crippen molar-refractivity contribution >= 4 is 27.8 Å². The quantitative estimate of drug-likeness (QED) is 0.540. The minimum absolute atomic E-state index is 0.101. The van der Waals surface area contributed by atoms with Gasteiger partial charge in [0.2, 0.25) is 5.75 Å². The highest BCUT2D eigenvalue weighted by molar-refractivity contribution is 7.15. The maximum atomic E-state index is 11.1. The minimum atomic E-state index is -0.642. The van der Waals surface area contributed by atoms with Gasteiger partial charge in [0.25, 0.3) is 4.96 Å². The monoisotopic (exact) mass is 306 g/mol. The van der Waals surface area contributed by atoms with Crippen LogP contribution in [0.2, 0.25) is 0 Å². The van der Waals surface area contributed by atoms with E-state index in [0.29, 0.717) is 4.96 Å². The summed E-state index contributed by atoms with van der Waals surface area (Å²) in [5, 5.41) is 23.7. The first-order chi connectivity index (χ1) is 10.1. The molecular formula is C11H6N4O5S. The summed E-state index contributed by atoms with van der Waals surface area (Å²) < 4.78 is 6.56. The summed E-state index contributed by atoms with van der Waals surface area (Å²) in [6.45, 7) is 0. The smallest absolute Gasteiger partial charge is 0.393 e. The highest BCUT2D eigenvalue weighted by Crippen LogP contribution is 2.36. The number of rotatable bonds is 4. The van der Waals surface area contributed by atoms with Crippen molar-refractivity contribution in [1.29, 1.82) is 0 Å². The topological polar surface area (TPSA) is 113 Å². The Labute approximate surface area is 120 Å². The molecule has 1 aromatic carbocycles. The molecule has 0 fully saturated rings. The van der Waals surface area contributed by atoms with E-state index in [2.05, 4.69) is 4.98 Å². The summed E-state index contributed by atoms with van der Waals surface area (Å²) in [4.78, 5) is 25.1. The Bertz CT molecular complexity index is 855. The molecule has 0 saturated heterocycles. The summed E-state index contributed by atoms with van der Waals surface area (Å²) in [6.07, 6.45) is 1.48. The van der Waals surface area contributed by atoms with Crippen LogP contribution >= 0.6 is 11.3 Å². The molecule has 9 nitrogen and oxygen atoms in total. The molecule has 0 aliphatic rings. The van der Waals surface area contributed by atoms with Crippen molar-refractivity contribution in [2.24, 2.45) is 0 Å². The van der Waals surface area contributed by atoms with Crippen LogP contribution in [0.25, 0.3) is 4.96 Å². The highest BCUT2D eigenvalue weighted by atomic mass is 32.1. The number of aromatic nitrogens is 2. The van der Waals surface area contributed by atoms with E-state index in [1.165, 1.54) is 46.2 Å². The predicted molar refractivity (Wildman–Crippen MR) is 72.9 cm³/mol. The number of benzene rings is 1. The summed E-state index contributed by atoms with van der Waals surface area (Å²) >= 11 is 1.19. The molecule has 0 bridgehead atoms. The fourth-order valence-electron chi connectivity index (χ4n) is 1.79. The summed E-state index contributed by atoms with van der Waals surface area (Å²) in [6, 6.07) is 5.62. The Morgan fingerprint density at radius 3 is 2.67 bits per heavy atom. The van der Waals surface area contributed by atoms with Crippen LogP contribution in [0.15, 0.2) is 35.8 Å². The van der Waals surface area contributed by atoms with Crippen molar-refractivity contribution in [3.05, 3.63) is 56.1 Å². The van der Waals surface area contributed by atoms with Crippen LogP contribution in [0.5, 0.6) is 11.6 Å². The number of hydrogen-bond acceptors (Lipinski definition) is 7. The van der Waals surface area contributed by atoms with Gasteiger partial charge in [-0.3, -0.25) is 10.1 Å². The van der Waals surface area contributed by atoms with Crippen LogP contribution in [0, 0.1) is 20.2 Å². The zero-order chi connectivity index (χ0) is 15.0. The van der Waals surface area contributed by atoms with Crippen LogP contribution in [-0.4, -0.2) is 19.2 Å². The Morgan fingerprint density at radius 1 is 1.19 bits per heavy atom. The molecule has 0 aliphatic heterocycles. The van der Waals surface area contributed by atoms with Crippen molar-refractivity contribution in [3.63, 3.8) is 0 Å². The first-order valence-corrected chi connectivity index (χ1v) is 6.47. The molecule has 0 saturated carbocycles. The largest absolute Gasteiger partial charge is 0.425 e. The number of nitro benzene ring substituents is 1. The van der Waals surface area contributed by atoms with Gasteiger partial charge in [0, 0.05) is 11.4 Å². The van der Waals surface area contributed by atoms with Crippen LogP contribution in [0.4, 0.5) is 11.5 Å². The second kappa shape index (κ2) is 4.83. The molecule has 0 radical (unpaired) electrons. The van der Waals surface area contributed by atoms with E-state index < -0.39 is 9.85 Å². The molecule has 0 spiro atoms. The van der Waals surface area contributed by atoms with E-state index in [9.17, 15) is 20.2 Å². The molecule has 21 heavy (non-hydrogen) atoms. The summed E-state index contributed by atoms with van der Waals surface area (Å²) in [7, 11) is 0. The van der Waals surface area contributed by atoms with Crippen molar-refractivity contribution in [2.75, 3.05) is 0 Å². The van der Waals surface area contributed by atoms with E-state index in [-0.39, 0.29) is 23.1 Å². The Hall–Kier alpha value is -3.01. The van der Waals surface area contributed by atoms with E-state index in [4.69, 9.17) is 4.74 Å². The van der Waals surface area contributed by atoms with Gasteiger partial charge >= 0.3 is 17.4 Å². The lowest BCUT2D eigenvalue weighted by molar-refractivity contribution is -0.391. The lowest BCUT2D eigenvalue weighted by atomic mass is 10.3. The van der Waals surface area contributed by atoms with Crippen LogP contribution in [0.1, 0.15) is 0 Å². The third kappa shape index (κ3) is 2.17. The molecule has 0 atom stereocenters. The first kappa shape index (κ1) is 13.0. The number of fused-ring (bicyclic) bond motifs is 1. The molecule has 106 valence electrons. The fraction of sp³-hybridized carbons (Fsp3) is 0. The molecule has 0 unspecified atom stereocenters. The third-order valence-electron chi connectivity index (χ3n) is 2.65. The van der Waals surface area contributed by atoms with Gasteiger partial charge in [-0.05, 0) is 11.0 Å². The van der Waals surface area contributed by atoms with Gasteiger partial charge in [-0.2, -0.15) is 9.38 Å². The molecule has 2 aromatic heterocycles. The fourth-order valence-corrected chi connectivity index (χ4v) is 2.49. The Balaban J connectivity index is 2.10. The molecule has 0 N–H and O–H groups in total. The normalized spacial score (nSPS) is 10.7. The maximum absolute atomic E-state index is 11.1. The zero-order valence-corrected chi connectivity index (χ0v) is 11.0. The summed E-state index contributed by atoms with van der Waals surface area (Å²) in [5.41, 5.74) is -0.289. The molecule has 3 aromatic rings. The average Bonchev–Trinajstić information content (AvgIpc) is 2.98. The SMILES string of the molecule is O=[N+]([O-])c1ccccc1Oc1nc2sccn2c1[N+](=O)[O-]. The van der Waals surface area contributed by atoms with Gasteiger partial charge < -0.3 is 14.9 Å². The third-order valence-corrected chi connectivity index (χ3v) is 3.40. The molecule has 2 heterocycles. The molecular weight excluding hydrogens is 300 g/mol. The van der Waals surface area contributed by atoms with Gasteiger partial charge in [0.05, 0.1) is 4.92 Å². The predicted octanol–water partition coefficient (Wildman–Crippen LogP) is 3.00. The molecule has 0 aliphatic carbocycles. The lowest BCUT2D eigenvalue weighted by Crippen LogP contribution is -1.97. The summed E-state index contributed by atoms with van der Waals surface area (Å²) in [5.74, 6) is -0.748. The van der Waals surface area contributed by atoms with E-state index >= 15 is 0 Å². The Morgan fingerprint density at radius 2 is 1.95 bits per heavy atom. The van der Waals surface area contributed by atoms with Crippen LogP contribution in [0.3, 0.4) is 0 Å². The van der Waals surface area contributed by atoms with Crippen LogP contribution < -0.4 is 4.74 Å². The van der Waals surface area contributed by atoms with E-state index in [1.807, 2.05) is 0 Å². The minimum Gasteiger partial charge on any atom is -0.425 e. The number of imidazole rings is 1. The number of hydrogen-bond donors (Lipinski definition) is 0. The number of para-hydroxylation sites is 2. The number of nitrogens with zero attached hydrogens (tertiary/aromatic N) is 4. The highest BCUT2D eigenvalue weighted by Gasteiger charge is 2.27. The first-order valence-electron chi connectivity index (χ1n) is 5.59.